The monoisotopic (exact) mass is 345 g/mol. The van der Waals surface area contributed by atoms with E-state index < -0.39 is 0 Å². The Morgan fingerprint density at radius 3 is 2.84 bits per heavy atom. The number of amides is 1. The maximum atomic E-state index is 12.8. The molecule has 1 aromatic rings. The highest BCUT2D eigenvalue weighted by Crippen LogP contribution is 2.22. The van der Waals surface area contributed by atoms with Crippen molar-refractivity contribution in [1.82, 2.24) is 24.9 Å². The Morgan fingerprint density at radius 1 is 1.16 bits per heavy atom. The number of piperidine rings is 2. The number of hydrogen-bond donors (Lipinski definition) is 1. The Kier molecular flexibility index (Phi) is 5.36. The van der Waals surface area contributed by atoms with E-state index >= 15 is 0 Å². The molecule has 0 spiro atoms. The molecule has 6 nitrogen and oxygen atoms in total. The summed E-state index contributed by atoms with van der Waals surface area (Å²) in [5, 5.41) is 8.00. The van der Waals surface area contributed by atoms with Gasteiger partial charge >= 0.3 is 0 Å². The van der Waals surface area contributed by atoms with Crippen molar-refractivity contribution in [2.75, 3.05) is 45.8 Å². The Labute approximate surface area is 150 Å². The highest BCUT2D eigenvalue weighted by molar-refractivity contribution is 5.92. The highest BCUT2D eigenvalue weighted by atomic mass is 16.2. The summed E-state index contributed by atoms with van der Waals surface area (Å²) in [4.78, 5) is 17.4. The third-order valence-electron chi connectivity index (χ3n) is 6.01. The molecule has 0 radical (unpaired) electrons. The molecule has 4 heterocycles. The van der Waals surface area contributed by atoms with E-state index in [0.717, 1.165) is 45.6 Å². The van der Waals surface area contributed by atoms with E-state index in [1.165, 1.54) is 38.8 Å². The number of rotatable bonds is 4. The molecule has 0 aromatic carbocycles. The van der Waals surface area contributed by atoms with Crippen LogP contribution in [0.2, 0.25) is 0 Å². The van der Waals surface area contributed by atoms with Gasteiger partial charge in [0.25, 0.3) is 5.91 Å². The molecule has 2 atom stereocenters. The van der Waals surface area contributed by atoms with Crippen LogP contribution in [0.4, 0.5) is 0 Å². The van der Waals surface area contributed by atoms with Crippen molar-refractivity contribution in [1.29, 1.82) is 0 Å². The van der Waals surface area contributed by atoms with Crippen LogP contribution >= 0.6 is 0 Å². The molecule has 25 heavy (non-hydrogen) atoms. The number of carbonyl (C=O) groups is 1. The van der Waals surface area contributed by atoms with Crippen LogP contribution in [0, 0.1) is 5.92 Å². The van der Waals surface area contributed by atoms with Gasteiger partial charge in [-0.15, -0.1) is 0 Å². The van der Waals surface area contributed by atoms with E-state index in [2.05, 4.69) is 15.3 Å². The predicted octanol–water partition coefficient (Wildman–Crippen LogP) is 1.76. The Hall–Kier alpha value is -1.40. The smallest absolute Gasteiger partial charge is 0.274 e. The van der Waals surface area contributed by atoms with Gasteiger partial charge in [0.15, 0.2) is 0 Å². The van der Waals surface area contributed by atoms with E-state index in [0.29, 0.717) is 17.7 Å². The van der Waals surface area contributed by atoms with E-state index in [-0.39, 0.29) is 5.91 Å². The van der Waals surface area contributed by atoms with Crippen LogP contribution in [0.25, 0.3) is 0 Å². The highest BCUT2D eigenvalue weighted by Gasteiger charge is 2.30. The maximum Gasteiger partial charge on any atom is 0.274 e. The zero-order valence-corrected chi connectivity index (χ0v) is 15.2. The fourth-order valence-electron chi connectivity index (χ4n) is 4.55. The largest absolute Gasteiger partial charge is 0.337 e. The molecule has 0 saturated carbocycles. The lowest BCUT2D eigenvalue weighted by Crippen LogP contribution is -2.36. The first kappa shape index (κ1) is 17.0. The van der Waals surface area contributed by atoms with Crippen molar-refractivity contribution >= 4 is 5.91 Å². The molecule has 3 saturated heterocycles. The topological polar surface area (TPSA) is 53.4 Å². The molecule has 3 aliphatic heterocycles. The third-order valence-corrected chi connectivity index (χ3v) is 6.01. The summed E-state index contributed by atoms with van der Waals surface area (Å²) in [7, 11) is 0. The lowest BCUT2D eigenvalue weighted by Gasteiger charge is -2.28. The lowest BCUT2D eigenvalue weighted by atomic mass is 10.1. The van der Waals surface area contributed by atoms with Gasteiger partial charge in [-0.25, -0.2) is 0 Å². The first-order valence-corrected chi connectivity index (χ1v) is 10.1. The van der Waals surface area contributed by atoms with Gasteiger partial charge in [-0.2, -0.15) is 5.10 Å². The van der Waals surface area contributed by atoms with Crippen molar-refractivity contribution in [2.24, 2.45) is 5.92 Å². The van der Waals surface area contributed by atoms with Gasteiger partial charge in [0.05, 0.1) is 6.04 Å². The van der Waals surface area contributed by atoms with Crippen LogP contribution < -0.4 is 5.32 Å². The normalized spacial score (nSPS) is 28.4. The van der Waals surface area contributed by atoms with Gasteiger partial charge in [0, 0.05) is 32.4 Å². The fourth-order valence-corrected chi connectivity index (χ4v) is 4.55. The van der Waals surface area contributed by atoms with Gasteiger partial charge < -0.3 is 15.1 Å². The van der Waals surface area contributed by atoms with E-state index in [4.69, 9.17) is 0 Å². The fraction of sp³-hybridized carbons (Fsp3) is 0.789. The van der Waals surface area contributed by atoms with Gasteiger partial charge in [-0.3, -0.25) is 9.48 Å². The number of nitrogens with one attached hydrogen (secondary N) is 1. The first-order chi connectivity index (χ1) is 12.3. The van der Waals surface area contributed by atoms with E-state index in [9.17, 15) is 4.79 Å². The first-order valence-electron chi connectivity index (χ1n) is 10.1. The summed E-state index contributed by atoms with van der Waals surface area (Å²) in [6.07, 6.45) is 9.49. The molecule has 0 bridgehead atoms. The van der Waals surface area contributed by atoms with Crippen LogP contribution in [0.1, 0.15) is 55.1 Å². The summed E-state index contributed by atoms with van der Waals surface area (Å²) >= 11 is 0. The number of carbonyl (C=O) groups excluding carboxylic acids is 1. The maximum absolute atomic E-state index is 12.8. The van der Waals surface area contributed by atoms with Crippen molar-refractivity contribution in [3.63, 3.8) is 0 Å². The summed E-state index contributed by atoms with van der Waals surface area (Å²) in [6, 6.07) is 2.29. The third kappa shape index (κ3) is 4.06. The Bertz CT molecular complexity index is 574. The van der Waals surface area contributed by atoms with Crippen molar-refractivity contribution < 1.29 is 4.79 Å². The average molecular weight is 345 g/mol. The minimum absolute atomic E-state index is 0.115. The molecular weight excluding hydrogens is 314 g/mol. The second kappa shape index (κ2) is 7.87. The average Bonchev–Trinajstić information content (AvgIpc) is 3.33. The molecule has 0 aliphatic carbocycles. The molecule has 4 rings (SSSR count). The minimum atomic E-state index is 0.115. The number of likely N-dealkylation sites (tertiary alicyclic amines) is 2. The molecule has 6 heteroatoms. The zero-order chi connectivity index (χ0) is 17.1. The molecule has 2 unspecified atom stereocenters. The zero-order valence-electron chi connectivity index (χ0n) is 15.2. The van der Waals surface area contributed by atoms with Gasteiger partial charge in [-0.05, 0) is 63.7 Å². The lowest BCUT2D eigenvalue weighted by molar-refractivity contribution is 0.0775. The van der Waals surface area contributed by atoms with Gasteiger partial charge in [-0.1, -0.05) is 6.42 Å². The molecule has 1 aromatic heterocycles. The minimum Gasteiger partial charge on any atom is -0.337 e. The van der Waals surface area contributed by atoms with Crippen LogP contribution in [0.5, 0.6) is 0 Å². The number of aromatic nitrogens is 2. The summed E-state index contributed by atoms with van der Waals surface area (Å²) in [6.45, 7) is 7.47. The van der Waals surface area contributed by atoms with E-state index in [1.54, 1.807) is 0 Å². The van der Waals surface area contributed by atoms with Crippen molar-refractivity contribution in [3.8, 4) is 0 Å². The Morgan fingerprint density at radius 2 is 2.04 bits per heavy atom. The standard InChI is InChI=1S/C19H31N5O/c25-19(18-7-12-24(21-18)17-5-4-8-20-13-17)23-11-6-16(15-23)14-22-9-2-1-3-10-22/h7,12,16-17,20H,1-6,8-11,13-15H2. The molecular formula is C19H31N5O. The Balaban J connectivity index is 1.31. The second-order valence-electron chi connectivity index (χ2n) is 7.95. The predicted molar refractivity (Wildman–Crippen MR) is 97.7 cm³/mol. The van der Waals surface area contributed by atoms with Crippen molar-refractivity contribution in [3.05, 3.63) is 18.0 Å². The molecule has 3 aliphatic rings. The number of hydrogen-bond acceptors (Lipinski definition) is 4. The van der Waals surface area contributed by atoms with Crippen LogP contribution in [-0.4, -0.2) is 71.3 Å². The van der Waals surface area contributed by atoms with Crippen molar-refractivity contribution in [2.45, 2.75) is 44.6 Å². The molecule has 138 valence electrons. The summed E-state index contributed by atoms with van der Waals surface area (Å²) in [5.74, 6) is 0.746. The van der Waals surface area contributed by atoms with Crippen LogP contribution in [-0.2, 0) is 0 Å². The van der Waals surface area contributed by atoms with Gasteiger partial charge in [0.1, 0.15) is 5.69 Å². The quantitative estimate of drug-likeness (QED) is 0.903. The molecule has 3 fully saturated rings. The van der Waals surface area contributed by atoms with Crippen LogP contribution in [0.15, 0.2) is 12.3 Å². The SMILES string of the molecule is O=C(c1ccn(C2CCCNC2)n1)N1CCC(CN2CCCCC2)C1. The van der Waals surface area contributed by atoms with Gasteiger partial charge in [0.2, 0.25) is 0 Å². The molecule has 1 amide bonds. The number of nitrogens with zero attached hydrogens (tertiary/aromatic N) is 4. The van der Waals surface area contributed by atoms with E-state index in [1.807, 2.05) is 21.8 Å². The summed E-state index contributed by atoms with van der Waals surface area (Å²) in [5.41, 5.74) is 0.615. The van der Waals surface area contributed by atoms with Crippen LogP contribution in [0.3, 0.4) is 0 Å². The second-order valence-corrected chi connectivity index (χ2v) is 7.95. The molecule has 1 N–H and O–H groups in total. The summed E-state index contributed by atoms with van der Waals surface area (Å²) < 4.78 is 1.99.